The molecule has 19 heavy (non-hydrogen) atoms. The summed E-state index contributed by atoms with van der Waals surface area (Å²) in [5, 5.41) is 0. The first kappa shape index (κ1) is 13.6. The van der Waals surface area contributed by atoms with Crippen LogP contribution in [0, 0.1) is 20.8 Å². The molecule has 1 aromatic rings. The maximum absolute atomic E-state index is 4.57. The average molecular weight is 254 g/mol. The molecule has 0 aliphatic carbocycles. The van der Waals surface area contributed by atoms with Gasteiger partial charge in [-0.2, -0.15) is 0 Å². The highest BCUT2D eigenvalue weighted by Gasteiger charge is 2.12. The van der Waals surface area contributed by atoms with Crippen LogP contribution in [0.25, 0.3) is 6.08 Å². The SMILES string of the molecule is CC1=NC(=CC=Cc2[nH]c(C)c(C)c2C)C(C)=C1C. The Balaban J connectivity index is 2.24. The predicted molar refractivity (Wildman–Crippen MR) is 83.6 cm³/mol. The number of allylic oxidation sites excluding steroid dienone is 4. The highest BCUT2D eigenvalue weighted by atomic mass is 14.8. The van der Waals surface area contributed by atoms with Gasteiger partial charge in [-0.1, -0.05) is 6.08 Å². The van der Waals surface area contributed by atoms with Gasteiger partial charge in [0.25, 0.3) is 0 Å². The normalized spacial score (nSPS) is 18.0. The summed E-state index contributed by atoms with van der Waals surface area (Å²) >= 11 is 0. The van der Waals surface area contributed by atoms with Gasteiger partial charge in [0, 0.05) is 17.1 Å². The van der Waals surface area contributed by atoms with Crippen molar-refractivity contribution >= 4 is 11.8 Å². The van der Waals surface area contributed by atoms with Gasteiger partial charge < -0.3 is 4.98 Å². The van der Waals surface area contributed by atoms with Crippen molar-refractivity contribution in [2.45, 2.75) is 41.5 Å². The van der Waals surface area contributed by atoms with Gasteiger partial charge in [0.05, 0.1) is 5.70 Å². The number of H-pyrrole nitrogens is 1. The zero-order valence-electron chi connectivity index (χ0n) is 12.7. The van der Waals surface area contributed by atoms with Gasteiger partial charge in [0.2, 0.25) is 0 Å². The fourth-order valence-electron chi connectivity index (χ4n) is 2.25. The number of aromatic amines is 1. The van der Waals surface area contributed by atoms with Gasteiger partial charge in [-0.3, -0.25) is 4.99 Å². The Kier molecular flexibility index (Phi) is 3.61. The van der Waals surface area contributed by atoms with E-state index < -0.39 is 0 Å². The van der Waals surface area contributed by atoms with E-state index in [4.69, 9.17) is 0 Å². The monoisotopic (exact) mass is 254 g/mol. The second kappa shape index (κ2) is 5.04. The molecule has 0 unspecified atom stereocenters. The molecule has 0 saturated carbocycles. The van der Waals surface area contributed by atoms with E-state index in [0.29, 0.717) is 0 Å². The Bertz CT molecular complexity index is 634. The fourth-order valence-corrected chi connectivity index (χ4v) is 2.25. The van der Waals surface area contributed by atoms with E-state index in [0.717, 1.165) is 11.4 Å². The number of nitrogens with one attached hydrogen (secondary N) is 1. The van der Waals surface area contributed by atoms with Crippen LogP contribution in [0.1, 0.15) is 43.3 Å². The Morgan fingerprint density at radius 2 is 1.58 bits per heavy atom. The van der Waals surface area contributed by atoms with Crippen LogP contribution in [-0.4, -0.2) is 10.7 Å². The van der Waals surface area contributed by atoms with Crippen LogP contribution < -0.4 is 0 Å². The molecule has 1 aliphatic heterocycles. The summed E-state index contributed by atoms with van der Waals surface area (Å²) in [6.07, 6.45) is 6.28. The molecule has 0 spiro atoms. The number of hydrogen-bond donors (Lipinski definition) is 1. The topological polar surface area (TPSA) is 28.1 Å². The molecule has 1 aliphatic rings. The Morgan fingerprint density at radius 1 is 0.895 bits per heavy atom. The Labute approximate surface area is 115 Å². The van der Waals surface area contributed by atoms with Crippen LogP contribution in [0.15, 0.2) is 34.0 Å². The lowest BCUT2D eigenvalue weighted by Gasteiger charge is -1.95. The molecule has 100 valence electrons. The summed E-state index contributed by atoms with van der Waals surface area (Å²) in [6.45, 7) is 12.7. The van der Waals surface area contributed by atoms with Gasteiger partial charge in [0.15, 0.2) is 0 Å². The number of rotatable bonds is 2. The van der Waals surface area contributed by atoms with E-state index in [9.17, 15) is 0 Å². The van der Waals surface area contributed by atoms with Crippen LogP contribution in [-0.2, 0) is 0 Å². The largest absolute Gasteiger partial charge is 0.359 e. The second-order valence-corrected chi connectivity index (χ2v) is 5.27. The zero-order chi connectivity index (χ0) is 14.2. The molecule has 1 N–H and O–H groups in total. The van der Waals surface area contributed by atoms with E-state index in [1.807, 2.05) is 0 Å². The lowest BCUT2D eigenvalue weighted by molar-refractivity contribution is 1.22. The van der Waals surface area contributed by atoms with Gasteiger partial charge in [-0.25, -0.2) is 0 Å². The maximum Gasteiger partial charge on any atom is 0.0665 e. The molecule has 2 rings (SSSR count). The van der Waals surface area contributed by atoms with Crippen LogP contribution >= 0.6 is 0 Å². The van der Waals surface area contributed by atoms with Crippen LogP contribution in [0.4, 0.5) is 0 Å². The first-order valence-electron chi connectivity index (χ1n) is 6.69. The van der Waals surface area contributed by atoms with Gasteiger partial charge in [-0.05, 0) is 76.0 Å². The number of hydrogen-bond acceptors (Lipinski definition) is 1. The predicted octanol–water partition coefficient (Wildman–Crippen LogP) is 4.65. The third-order valence-corrected chi connectivity index (χ3v) is 4.15. The summed E-state index contributed by atoms with van der Waals surface area (Å²) in [6, 6.07) is 0. The van der Waals surface area contributed by atoms with Crippen molar-refractivity contribution in [1.82, 2.24) is 4.98 Å². The molecule has 1 aromatic heterocycles. The number of aromatic nitrogens is 1. The average Bonchev–Trinajstić information content (AvgIpc) is 2.76. The van der Waals surface area contributed by atoms with Crippen molar-refractivity contribution in [3.05, 3.63) is 51.5 Å². The number of aryl methyl sites for hydroxylation is 1. The number of nitrogens with zero attached hydrogens (tertiary/aromatic N) is 1. The third kappa shape index (κ3) is 2.48. The summed E-state index contributed by atoms with van der Waals surface area (Å²) in [4.78, 5) is 7.97. The molecular weight excluding hydrogens is 232 g/mol. The highest BCUT2D eigenvalue weighted by molar-refractivity contribution is 6.02. The Morgan fingerprint density at radius 3 is 2.05 bits per heavy atom. The summed E-state index contributed by atoms with van der Waals surface area (Å²) in [5.41, 5.74) is 9.86. The summed E-state index contributed by atoms with van der Waals surface area (Å²) in [7, 11) is 0. The van der Waals surface area contributed by atoms with E-state index in [1.165, 1.54) is 33.7 Å². The molecule has 0 atom stereocenters. The molecule has 0 radical (unpaired) electrons. The minimum atomic E-state index is 1.07. The Hall–Kier alpha value is -1.83. The van der Waals surface area contributed by atoms with Crippen LogP contribution in [0.3, 0.4) is 0 Å². The molecule has 0 fully saturated rings. The maximum atomic E-state index is 4.57. The molecule has 2 heterocycles. The molecule has 2 nitrogen and oxygen atoms in total. The lowest BCUT2D eigenvalue weighted by Crippen LogP contribution is -1.86. The molecular formula is C17H22N2. The van der Waals surface area contributed by atoms with Crippen molar-refractivity contribution in [1.29, 1.82) is 0 Å². The number of aliphatic imine (C=N–C) groups is 1. The standard InChI is InChI=1S/C17H22N2/c1-10-12(3)16(18-14(10)5)8-7-9-17-13(4)11(2)15(6)19-17/h7-9,18H,1-6H3. The van der Waals surface area contributed by atoms with Crippen molar-refractivity contribution in [3.63, 3.8) is 0 Å². The minimum Gasteiger partial charge on any atom is -0.359 e. The van der Waals surface area contributed by atoms with Gasteiger partial charge >= 0.3 is 0 Å². The van der Waals surface area contributed by atoms with E-state index in [1.54, 1.807) is 0 Å². The van der Waals surface area contributed by atoms with Gasteiger partial charge in [0.1, 0.15) is 0 Å². The first-order valence-corrected chi connectivity index (χ1v) is 6.69. The van der Waals surface area contributed by atoms with E-state index in [2.05, 4.69) is 69.7 Å². The van der Waals surface area contributed by atoms with Crippen molar-refractivity contribution in [3.8, 4) is 0 Å². The molecule has 0 amide bonds. The summed E-state index contributed by atoms with van der Waals surface area (Å²) in [5.74, 6) is 0. The third-order valence-electron chi connectivity index (χ3n) is 4.15. The van der Waals surface area contributed by atoms with Gasteiger partial charge in [-0.15, -0.1) is 0 Å². The summed E-state index contributed by atoms with van der Waals surface area (Å²) < 4.78 is 0. The van der Waals surface area contributed by atoms with Crippen molar-refractivity contribution in [2.24, 2.45) is 4.99 Å². The van der Waals surface area contributed by atoms with Crippen LogP contribution in [0.5, 0.6) is 0 Å². The molecule has 0 saturated heterocycles. The first-order chi connectivity index (χ1) is 8.91. The molecule has 0 aromatic carbocycles. The second-order valence-electron chi connectivity index (χ2n) is 5.27. The van der Waals surface area contributed by atoms with Crippen LogP contribution in [0.2, 0.25) is 0 Å². The van der Waals surface area contributed by atoms with Crippen molar-refractivity contribution in [2.75, 3.05) is 0 Å². The molecule has 0 bridgehead atoms. The smallest absolute Gasteiger partial charge is 0.0665 e. The fraction of sp³-hybridized carbons (Fsp3) is 0.353. The van der Waals surface area contributed by atoms with E-state index in [-0.39, 0.29) is 0 Å². The van der Waals surface area contributed by atoms with E-state index >= 15 is 0 Å². The molecule has 2 heteroatoms. The highest BCUT2D eigenvalue weighted by Crippen LogP contribution is 2.24. The zero-order valence-corrected chi connectivity index (χ0v) is 12.7. The quantitative estimate of drug-likeness (QED) is 0.796. The van der Waals surface area contributed by atoms with Crippen molar-refractivity contribution < 1.29 is 0 Å². The lowest BCUT2D eigenvalue weighted by atomic mass is 10.1. The minimum absolute atomic E-state index is 1.07.